The Labute approximate surface area is 233 Å². The molecule has 0 unspecified atom stereocenters. The maximum absolute atomic E-state index is 14.4. The molecule has 2 aromatic rings. The quantitative estimate of drug-likeness (QED) is 0.369. The largest absolute Gasteiger partial charge is 0.481 e. The molecule has 0 radical (unpaired) electrons. The number of ketones is 1. The van der Waals surface area contributed by atoms with E-state index in [-0.39, 0.29) is 52.7 Å². The van der Waals surface area contributed by atoms with Gasteiger partial charge in [0.25, 0.3) is 5.91 Å². The predicted molar refractivity (Wildman–Crippen MR) is 137 cm³/mol. The van der Waals surface area contributed by atoms with Crippen molar-refractivity contribution in [3.8, 4) is 0 Å². The number of nitrogens with zero attached hydrogens (tertiary/aromatic N) is 4. The highest BCUT2D eigenvalue weighted by atomic mass is 35.5. The van der Waals surface area contributed by atoms with Gasteiger partial charge in [0.15, 0.2) is 11.5 Å². The number of halogens is 5. The number of carbonyl (C=O) groups is 3. The van der Waals surface area contributed by atoms with E-state index in [4.69, 9.17) is 23.2 Å². The zero-order chi connectivity index (χ0) is 28.7. The second kappa shape index (κ2) is 11.1. The van der Waals surface area contributed by atoms with Gasteiger partial charge in [-0.2, -0.15) is 18.3 Å². The Bertz CT molecular complexity index is 1260. The van der Waals surface area contributed by atoms with E-state index < -0.39 is 53.6 Å². The van der Waals surface area contributed by atoms with E-state index >= 15 is 0 Å². The number of carbonyl (C=O) groups excluding carboxylic acids is 2. The smallest absolute Gasteiger partial charge is 0.433 e. The number of rotatable bonds is 8. The van der Waals surface area contributed by atoms with Crippen molar-refractivity contribution in [3.05, 3.63) is 45.5 Å². The van der Waals surface area contributed by atoms with Gasteiger partial charge in [0.2, 0.25) is 0 Å². The minimum absolute atomic E-state index is 0.0235. The third kappa shape index (κ3) is 6.09. The van der Waals surface area contributed by atoms with Crippen LogP contribution < -0.4 is 0 Å². The zero-order valence-corrected chi connectivity index (χ0v) is 23.0. The van der Waals surface area contributed by atoms with Gasteiger partial charge >= 0.3 is 12.1 Å². The lowest BCUT2D eigenvalue weighted by Gasteiger charge is -2.42. The third-order valence-corrected chi connectivity index (χ3v) is 8.56. The van der Waals surface area contributed by atoms with Crippen molar-refractivity contribution in [2.75, 3.05) is 13.1 Å². The topological polar surface area (TPSA) is 105 Å². The van der Waals surface area contributed by atoms with Gasteiger partial charge in [-0.05, 0) is 43.4 Å². The minimum atomic E-state index is -4.91. The first-order valence-corrected chi connectivity index (χ1v) is 13.5. The number of alkyl halides is 3. The summed E-state index contributed by atoms with van der Waals surface area (Å²) in [6.45, 7) is 3.15. The average Bonchev–Trinajstić information content (AvgIpc) is 3.27. The molecule has 0 aromatic carbocycles. The molecule has 3 atom stereocenters. The van der Waals surface area contributed by atoms with E-state index in [1.165, 1.54) is 12.4 Å². The minimum Gasteiger partial charge on any atom is -0.481 e. The highest BCUT2D eigenvalue weighted by molar-refractivity contribution is 6.39. The summed E-state index contributed by atoms with van der Waals surface area (Å²) in [5.74, 6) is -3.58. The monoisotopic (exact) mass is 588 g/mol. The maximum atomic E-state index is 14.4. The van der Waals surface area contributed by atoms with Gasteiger partial charge in [-0.15, -0.1) is 0 Å². The van der Waals surface area contributed by atoms with Crippen LogP contribution in [0.25, 0.3) is 0 Å². The van der Waals surface area contributed by atoms with Crippen molar-refractivity contribution < 1.29 is 32.7 Å². The lowest BCUT2D eigenvalue weighted by molar-refractivity contribution is -0.149. The molecule has 2 aromatic heterocycles. The summed E-state index contributed by atoms with van der Waals surface area (Å²) in [5.41, 5.74) is -2.26. The van der Waals surface area contributed by atoms with E-state index in [0.29, 0.717) is 0 Å². The zero-order valence-electron chi connectivity index (χ0n) is 21.5. The SMILES string of the molecule is C[C@@H]1C[C@@H](n2ncc(C(=O)N(CC(=O)c3c(Cl)cncc3Cl)CC3(C)CCC3)c2C(F)(F)F)CC[C@@H]1C(=O)O. The molecule has 2 fully saturated rings. The molecule has 1 amide bonds. The van der Waals surface area contributed by atoms with Crippen molar-refractivity contribution >= 4 is 40.9 Å². The van der Waals surface area contributed by atoms with E-state index in [0.717, 1.165) is 35.0 Å². The highest BCUT2D eigenvalue weighted by Gasteiger charge is 2.45. The van der Waals surface area contributed by atoms with Gasteiger partial charge in [-0.1, -0.05) is 43.5 Å². The third-order valence-electron chi connectivity index (χ3n) is 7.99. The number of aliphatic carboxylic acids is 1. The lowest BCUT2D eigenvalue weighted by atomic mass is 9.70. The fraction of sp³-hybridized carbons (Fsp3) is 0.577. The van der Waals surface area contributed by atoms with Gasteiger partial charge in [0.1, 0.15) is 0 Å². The van der Waals surface area contributed by atoms with Crippen LogP contribution in [0, 0.1) is 17.3 Å². The Kier molecular flexibility index (Phi) is 8.33. The molecule has 4 rings (SSSR count). The first-order chi connectivity index (χ1) is 18.2. The number of aromatic nitrogens is 3. The number of hydrogen-bond acceptors (Lipinski definition) is 5. The van der Waals surface area contributed by atoms with Crippen LogP contribution in [0.5, 0.6) is 0 Å². The van der Waals surface area contributed by atoms with Crippen LogP contribution in [0.1, 0.15) is 84.8 Å². The standard InChI is InChI=1S/C26H29Cl2F3N4O4/c1-14-8-15(4-5-16(14)24(38)39)35-22(26(29,30)31)17(9-33-35)23(37)34(13-25(2)6-3-7-25)12-20(36)21-18(27)10-32-11-19(21)28/h9-11,14-16H,3-8,12-13H2,1-2H3,(H,38,39)/t14-,15+,16+/m1/s1. The molecule has 39 heavy (non-hydrogen) atoms. The van der Waals surface area contributed by atoms with Gasteiger partial charge in [0.05, 0.1) is 45.9 Å². The Balaban J connectivity index is 1.68. The maximum Gasteiger partial charge on any atom is 0.433 e. The molecule has 2 aliphatic carbocycles. The summed E-state index contributed by atoms with van der Waals surface area (Å²) < 4.78 is 44.1. The molecule has 1 N–H and O–H groups in total. The van der Waals surface area contributed by atoms with Crippen LogP contribution in [-0.2, 0) is 11.0 Å². The Morgan fingerprint density at radius 2 is 1.79 bits per heavy atom. The number of carboxylic acid groups (broad SMARTS) is 1. The fourth-order valence-electron chi connectivity index (χ4n) is 5.73. The molecule has 13 heteroatoms. The summed E-state index contributed by atoms with van der Waals surface area (Å²) in [7, 11) is 0. The van der Waals surface area contributed by atoms with E-state index in [9.17, 15) is 32.7 Å². The van der Waals surface area contributed by atoms with Crippen LogP contribution in [0.15, 0.2) is 18.6 Å². The summed E-state index contributed by atoms with van der Waals surface area (Å²) in [6, 6.07) is -0.720. The second-order valence-corrected chi connectivity index (χ2v) is 11.8. The number of pyridine rings is 1. The molecule has 212 valence electrons. The van der Waals surface area contributed by atoms with Crippen LogP contribution >= 0.6 is 23.2 Å². The summed E-state index contributed by atoms with van der Waals surface area (Å²) >= 11 is 12.2. The first kappa shape index (κ1) is 29.3. The Morgan fingerprint density at radius 3 is 2.31 bits per heavy atom. The summed E-state index contributed by atoms with van der Waals surface area (Å²) in [4.78, 5) is 43.3. The van der Waals surface area contributed by atoms with E-state index in [1.807, 2.05) is 6.92 Å². The van der Waals surface area contributed by atoms with Crippen molar-refractivity contribution in [1.82, 2.24) is 19.7 Å². The summed E-state index contributed by atoms with van der Waals surface area (Å²) in [6.07, 6.45) is 1.43. The molecule has 8 nitrogen and oxygen atoms in total. The van der Waals surface area contributed by atoms with Gasteiger partial charge in [-0.25, -0.2) is 0 Å². The molecule has 0 aliphatic heterocycles. The van der Waals surface area contributed by atoms with Crippen LogP contribution in [0.3, 0.4) is 0 Å². The van der Waals surface area contributed by atoms with Crippen LogP contribution in [0.4, 0.5) is 13.2 Å². The fourth-order valence-corrected chi connectivity index (χ4v) is 6.31. The molecule has 2 heterocycles. The van der Waals surface area contributed by atoms with Crippen molar-refractivity contribution in [1.29, 1.82) is 0 Å². The summed E-state index contributed by atoms with van der Waals surface area (Å²) in [5, 5.41) is 13.3. The molecule has 0 saturated heterocycles. The molecule has 0 spiro atoms. The lowest BCUT2D eigenvalue weighted by Crippen LogP contribution is -2.46. The first-order valence-electron chi connectivity index (χ1n) is 12.7. The van der Waals surface area contributed by atoms with E-state index in [2.05, 4.69) is 10.1 Å². The predicted octanol–water partition coefficient (Wildman–Crippen LogP) is 6.18. The normalized spacial score (nSPS) is 22.7. The molecule has 0 bridgehead atoms. The van der Waals surface area contributed by atoms with E-state index in [1.54, 1.807) is 6.92 Å². The molecular formula is C26H29Cl2F3N4O4. The number of amides is 1. The number of carboxylic acids is 1. The van der Waals surface area contributed by atoms with Gasteiger partial charge < -0.3 is 10.0 Å². The highest BCUT2D eigenvalue weighted by Crippen LogP contribution is 2.43. The second-order valence-electron chi connectivity index (χ2n) is 11.0. The van der Waals surface area contributed by atoms with Gasteiger partial charge in [-0.3, -0.25) is 24.0 Å². The van der Waals surface area contributed by atoms with Crippen molar-refractivity contribution in [2.45, 2.75) is 64.6 Å². The molecular weight excluding hydrogens is 560 g/mol. The average molecular weight is 589 g/mol. The van der Waals surface area contributed by atoms with Gasteiger partial charge in [0, 0.05) is 18.9 Å². The number of hydrogen-bond donors (Lipinski definition) is 1. The molecule has 2 saturated carbocycles. The molecule has 2 aliphatic rings. The van der Waals surface area contributed by atoms with Crippen LogP contribution in [0.2, 0.25) is 10.0 Å². The number of Topliss-reactive ketones (excluding diaryl/α,β-unsaturated/α-hetero) is 1. The van der Waals surface area contributed by atoms with Crippen molar-refractivity contribution in [3.63, 3.8) is 0 Å². The Hall–Kier alpha value is -2.66. The van der Waals surface area contributed by atoms with Crippen molar-refractivity contribution in [2.24, 2.45) is 17.3 Å². The van der Waals surface area contributed by atoms with Crippen LogP contribution in [-0.4, -0.2) is 55.5 Å². The Morgan fingerprint density at radius 1 is 1.15 bits per heavy atom.